The number of rotatable bonds is 4. The lowest BCUT2D eigenvalue weighted by Gasteiger charge is -2.42. The molecule has 2 unspecified atom stereocenters. The molecule has 0 bridgehead atoms. The van der Waals surface area contributed by atoms with Crippen molar-refractivity contribution in [3.8, 4) is 0 Å². The van der Waals surface area contributed by atoms with Crippen molar-refractivity contribution >= 4 is 0 Å². The predicted molar refractivity (Wildman–Crippen MR) is 86.1 cm³/mol. The number of hydrogen-bond donors (Lipinski definition) is 1. The van der Waals surface area contributed by atoms with Gasteiger partial charge in [-0.3, -0.25) is 0 Å². The molecule has 0 heterocycles. The van der Waals surface area contributed by atoms with Gasteiger partial charge in [-0.25, -0.2) is 0 Å². The third-order valence-corrected chi connectivity index (χ3v) is 5.57. The zero-order valence-electron chi connectivity index (χ0n) is 13.1. The van der Waals surface area contributed by atoms with Crippen molar-refractivity contribution in [1.29, 1.82) is 0 Å². The van der Waals surface area contributed by atoms with Gasteiger partial charge in [0, 0.05) is 12.1 Å². The summed E-state index contributed by atoms with van der Waals surface area (Å²) in [6, 6.07) is 10.7. The minimum absolute atomic E-state index is 0.776. The standard InChI is InChI=1S/C19H29N/c1-3-15-6-4-5-7-19(15)20-18-12-17(13-18)16-10-8-14(2)9-11-16/h8-11,15,17-20H,3-7,12-13H2,1-2H3. The summed E-state index contributed by atoms with van der Waals surface area (Å²) >= 11 is 0. The van der Waals surface area contributed by atoms with Crippen LogP contribution in [0.3, 0.4) is 0 Å². The van der Waals surface area contributed by atoms with Crippen LogP contribution in [0.25, 0.3) is 0 Å². The van der Waals surface area contributed by atoms with Crippen molar-refractivity contribution in [2.24, 2.45) is 5.92 Å². The summed E-state index contributed by atoms with van der Waals surface area (Å²) in [4.78, 5) is 0. The Hall–Kier alpha value is -0.820. The molecule has 2 atom stereocenters. The molecule has 1 nitrogen and oxygen atoms in total. The Labute approximate surface area is 124 Å². The highest BCUT2D eigenvalue weighted by Crippen LogP contribution is 2.38. The average molecular weight is 271 g/mol. The molecule has 2 aliphatic rings. The van der Waals surface area contributed by atoms with Crippen LogP contribution in [0.1, 0.15) is 68.9 Å². The molecule has 0 aromatic heterocycles. The third-order valence-electron chi connectivity index (χ3n) is 5.57. The topological polar surface area (TPSA) is 12.0 Å². The molecule has 1 heteroatoms. The van der Waals surface area contributed by atoms with Crippen molar-refractivity contribution in [1.82, 2.24) is 5.32 Å². The van der Waals surface area contributed by atoms with E-state index in [-0.39, 0.29) is 0 Å². The van der Waals surface area contributed by atoms with Gasteiger partial charge in [-0.1, -0.05) is 56.0 Å². The lowest BCUT2D eigenvalue weighted by Crippen LogP contribution is -2.49. The number of hydrogen-bond acceptors (Lipinski definition) is 1. The van der Waals surface area contributed by atoms with E-state index in [1.807, 2.05) is 0 Å². The second-order valence-corrected chi connectivity index (χ2v) is 7.00. The van der Waals surface area contributed by atoms with Crippen LogP contribution in [0.15, 0.2) is 24.3 Å². The summed E-state index contributed by atoms with van der Waals surface area (Å²) in [7, 11) is 0. The fourth-order valence-corrected chi connectivity index (χ4v) is 4.08. The van der Waals surface area contributed by atoms with Gasteiger partial charge in [0.2, 0.25) is 0 Å². The predicted octanol–water partition coefficient (Wildman–Crippen LogP) is 4.80. The molecule has 0 spiro atoms. The smallest absolute Gasteiger partial charge is 0.00978 e. The van der Waals surface area contributed by atoms with E-state index in [2.05, 4.69) is 43.4 Å². The van der Waals surface area contributed by atoms with E-state index >= 15 is 0 Å². The Balaban J connectivity index is 1.49. The van der Waals surface area contributed by atoms with Gasteiger partial charge in [0.15, 0.2) is 0 Å². The van der Waals surface area contributed by atoms with Gasteiger partial charge in [-0.2, -0.15) is 0 Å². The van der Waals surface area contributed by atoms with E-state index in [9.17, 15) is 0 Å². The van der Waals surface area contributed by atoms with E-state index in [0.29, 0.717) is 0 Å². The summed E-state index contributed by atoms with van der Waals surface area (Å²) in [5.74, 6) is 1.74. The molecule has 1 N–H and O–H groups in total. The molecule has 0 radical (unpaired) electrons. The van der Waals surface area contributed by atoms with Crippen molar-refractivity contribution < 1.29 is 0 Å². The molecule has 0 aliphatic heterocycles. The highest BCUT2D eigenvalue weighted by molar-refractivity contribution is 5.26. The van der Waals surface area contributed by atoms with E-state index in [4.69, 9.17) is 0 Å². The first-order valence-electron chi connectivity index (χ1n) is 8.59. The van der Waals surface area contributed by atoms with Crippen LogP contribution in [-0.2, 0) is 0 Å². The van der Waals surface area contributed by atoms with Crippen LogP contribution in [0.4, 0.5) is 0 Å². The molecule has 1 aromatic rings. The maximum atomic E-state index is 3.97. The summed E-state index contributed by atoms with van der Waals surface area (Å²) in [5.41, 5.74) is 2.92. The molecule has 2 fully saturated rings. The van der Waals surface area contributed by atoms with Gasteiger partial charge in [0.05, 0.1) is 0 Å². The molecule has 3 rings (SSSR count). The molecule has 2 aliphatic carbocycles. The first kappa shape index (κ1) is 14.1. The Morgan fingerprint density at radius 2 is 1.75 bits per heavy atom. The fourth-order valence-electron chi connectivity index (χ4n) is 4.08. The molecular formula is C19H29N. The summed E-state index contributed by atoms with van der Waals surface area (Å²) in [6.07, 6.45) is 9.78. The Morgan fingerprint density at radius 3 is 2.45 bits per heavy atom. The lowest BCUT2D eigenvalue weighted by molar-refractivity contribution is 0.189. The van der Waals surface area contributed by atoms with E-state index < -0.39 is 0 Å². The maximum absolute atomic E-state index is 3.97. The zero-order valence-corrected chi connectivity index (χ0v) is 13.1. The minimum Gasteiger partial charge on any atom is -0.311 e. The molecule has 1 aromatic carbocycles. The van der Waals surface area contributed by atoms with E-state index in [1.54, 1.807) is 5.56 Å². The second-order valence-electron chi connectivity index (χ2n) is 7.00. The minimum atomic E-state index is 0.776. The van der Waals surface area contributed by atoms with Gasteiger partial charge in [0.25, 0.3) is 0 Å². The van der Waals surface area contributed by atoms with E-state index in [0.717, 1.165) is 23.9 Å². The average Bonchev–Trinajstić information content (AvgIpc) is 2.44. The van der Waals surface area contributed by atoms with E-state index in [1.165, 1.54) is 50.5 Å². The highest BCUT2D eigenvalue weighted by Gasteiger charge is 2.33. The van der Waals surface area contributed by atoms with Crippen LogP contribution in [-0.4, -0.2) is 12.1 Å². The first-order chi connectivity index (χ1) is 9.76. The van der Waals surface area contributed by atoms with Crippen molar-refractivity contribution in [3.05, 3.63) is 35.4 Å². The normalized spacial score (nSPS) is 33.7. The van der Waals surface area contributed by atoms with Crippen LogP contribution in [0.2, 0.25) is 0 Å². The molecule has 0 amide bonds. The van der Waals surface area contributed by atoms with Gasteiger partial charge in [-0.05, 0) is 50.0 Å². The molecule has 20 heavy (non-hydrogen) atoms. The summed E-state index contributed by atoms with van der Waals surface area (Å²) < 4.78 is 0. The number of aryl methyl sites for hydroxylation is 1. The SMILES string of the molecule is CCC1CCCCC1NC1CC(c2ccc(C)cc2)C1. The van der Waals surface area contributed by atoms with Gasteiger partial charge in [0.1, 0.15) is 0 Å². The largest absolute Gasteiger partial charge is 0.311 e. The van der Waals surface area contributed by atoms with Gasteiger partial charge < -0.3 is 5.32 Å². The number of benzene rings is 1. The lowest BCUT2D eigenvalue weighted by atomic mass is 9.74. The maximum Gasteiger partial charge on any atom is 0.00978 e. The molecule has 0 saturated heterocycles. The Kier molecular flexibility index (Phi) is 4.45. The van der Waals surface area contributed by atoms with Crippen LogP contribution in [0.5, 0.6) is 0 Å². The van der Waals surface area contributed by atoms with Crippen molar-refractivity contribution in [3.63, 3.8) is 0 Å². The fraction of sp³-hybridized carbons (Fsp3) is 0.684. The van der Waals surface area contributed by atoms with Crippen LogP contribution < -0.4 is 5.32 Å². The second kappa shape index (κ2) is 6.30. The van der Waals surface area contributed by atoms with Gasteiger partial charge in [-0.15, -0.1) is 0 Å². The van der Waals surface area contributed by atoms with Crippen molar-refractivity contribution in [2.75, 3.05) is 0 Å². The Morgan fingerprint density at radius 1 is 1.05 bits per heavy atom. The zero-order chi connectivity index (χ0) is 13.9. The highest BCUT2D eigenvalue weighted by atomic mass is 15.0. The Bertz CT molecular complexity index is 416. The third kappa shape index (κ3) is 3.09. The number of nitrogens with one attached hydrogen (secondary N) is 1. The molecular weight excluding hydrogens is 242 g/mol. The summed E-state index contributed by atoms with van der Waals surface area (Å²) in [6.45, 7) is 4.53. The first-order valence-corrected chi connectivity index (χ1v) is 8.59. The molecule has 110 valence electrons. The van der Waals surface area contributed by atoms with Crippen LogP contribution in [0, 0.1) is 12.8 Å². The molecule has 2 saturated carbocycles. The summed E-state index contributed by atoms with van der Waals surface area (Å²) in [5, 5.41) is 3.97. The monoisotopic (exact) mass is 271 g/mol. The van der Waals surface area contributed by atoms with Gasteiger partial charge >= 0.3 is 0 Å². The van der Waals surface area contributed by atoms with Crippen LogP contribution >= 0.6 is 0 Å². The quantitative estimate of drug-likeness (QED) is 0.829. The van der Waals surface area contributed by atoms with Crippen molar-refractivity contribution in [2.45, 2.75) is 76.8 Å².